The summed E-state index contributed by atoms with van der Waals surface area (Å²) in [4.78, 5) is 18.4. The fourth-order valence-electron chi connectivity index (χ4n) is 2.72. The second kappa shape index (κ2) is 7.95. The number of hydrogen-bond acceptors (Lipinski definition) is 3. The van der Waals surface area contributed by atoms with E-state index in [4.69, 9.17) is 0 Å². The number of rotatable bonds is 6. The average molecular weight is 329 g/mol. The number of amides is 2. The lowest BCUT2D eigenvalue weighted by atomic mass is 9.94. The number of aromatic nitrogens is 3. The first-order valence-electron chi connectivity index (χ1n) is 8.28. The summed E-state index contributed by atoms with van der Waals surface area (Å²) in [6.07, 6.45) is 2.39. The van der Waals surface area contributed by atoms with Crippen LogP contribution in [-0.2, 0) is 13.6 Å². The molecule has 130 valence electrons. The zero-order valence-electron chi connectivity index (χ0n) is 15.2. The average Bonchev–Trinajstić information content (AvgIpc) is 2.91. The Morgan fingerprint density at radius 2 is 2.04 bits per heavy atom. The molecule has 1 aromatic carbocycles. The number of nitrogens with zero attached hydrogens (tertiary/aromatic N) is 4. The van der Waals surface area contributed by atoms with Crippen LogP contribution in [0.25, 0.3) is 0 Å². The molecule has 24 heavy (non-hydrogen) atoms. The van der Waals surface area contributed by atoms with Crippen molar-refractivity contribution in [1.29, 1.82) is 0 Å². The molecule has 1 aromatic heterocycles. The molecule has 6 heteroatoms. The standard InChI is InChI=1S/C18H27N5O/c1-13(2)10-16(15-9-7-6-8-14(15)3)21-18(24)22(4)11-17-19-12-20-23(17)5/h6-9,12-13,16H,10-11H2,1-5H3,(H,21,24)/t16-/m0/s1. The molecule has 2 rings (SSSR count). The third-order valence-corrected chi connectivity index (χ3v) is 4.10. The van der Waals surface area contributed by atoms with E-state index in [0.717, 1.165) is 12.2 Å². The van der Waals surface area contributed by atoms with Crippen molar-refractivity contribution in [2.24, 2.45) is 13.0 Å². The van der Waals surface area contributed by atoms with E-state index in [1.165, 1.54) is 17.5 Å². The topological polar surface area (TPSA) is 63.1 Å². The van der Waals surface area contributed by atoms with E-state index in [9.17, 15) is 4.79 Å². The van der Waals surface area contributed by atoms with Crippen LogP contribution < -0.4 is 5.32 Å². The van der Waals surface area contributed by atoms with Gasteiger partial charge in [-0.1, -0.05) is 38.1 Å². The van der Waals surface area contributed by atoms with Crippen molar-refractivity contribution in [3.63, 3.8) is 0 Å². The molecule has 2 amide bonds. The molecular formula is C18H27N5O. The van der Waals surface area contributed by atoms with E-state index < -0.39 is 0 Å². The summed E-state index contributed by atoms with van der Waals surface area (Å²) in [6.45, 7) is 6.84. The molecule has 2 aromatic rings. The third kappa shape index (κ3) is 4.57. The molecule has 0 radical (unpaired) electrons. The molecule has 1 N–H and O–H groups in total. The van der Waals surface area contributed by atoms with Crippen LogP contribution >= 0.6 is 0 Å². The summed E-state index contributed by atoms with van der Waals surface area (Å²) in [7, 11) is 3.59. The molecule has 0 spiro atoms. The van der Waals surface area contributed by atoms with E-state index in [1.54, 1.807) is 16.6 Å². The molecule has 0 aliphatic carbocycles. The van der Waals surface area contributed by atoms with Crippen LogP contribution in [0.3, 0.4) is 0 Å². The highest BCUT2D eigenvalue weighted by atomic mass is 16.2. The second-order valence-corrected chi connectivity index (χ2v) is 6.64. The molecule has 6 nitrogen and oxygen atoms in total. The third-order valence-electron chi connectivity index (χ3n) is 4.10. The highest BCUT2D eigenvalue weighted by Crippen LogP contribution is 2.24. The summed E-state index contributed by atoms with van der Waals surface area (Å²) in [5, 5.41) is 7.20. The van der Waals surface area contributed by atoms with E-state index >= 15 is 0 Å². The smallest absolute Gasteiger partial charge is 0.318 e. The minimum absolute atomic E-state index is 0.000599. The number of aryl methyl sites for hydroxylation is 2. The van der Waals surface area contributed by atoms with Gasteiger partial charge in [-0.2, -0.15) is 5.10 Å². The van der Waals surface area contributed by atoms with E-state index in [2.05, 4.69) is 48.3 Å². The van der Waals surface area contributed by atoms with Gasteiger partial charge >= 0.3 is 6.03 Å². The van der Waals surface area contributed by atoms with Crippen molar-refractivity contribution < 1.29 is 4.79 Å². The molecule has 0 fully saturated rings. The van der Waals surface area contributed by atoms with Gasteiger partial charge in [0.25, 0.3) is 0 Å². The predicted molar refractivity (Wildman–Crippen MR) is 94.4 cm³/mol. The quantitative estimate of drug-likeness (QED) is 0.886. The van der Waals surface area contributed by atoms with Crippen molar-refractivity contribution in [2.45, 2.75) is 39.8 Å². The maximum atomic E-state index is 12.6. The fourth-order valence-corrected chi connectivity index (χ4v) is 2.72. The van der Waals surface area contributed by atoms with Crippen molar-refractivity contribution in [3.05, 3.63) is 47.5 Å². The van der Waals surface area contributed by atoms with Crippen LogP contribution in [0.5, 0.6) is 0 Å². The molecule has 1 atom stereocenters. The van der Waals surface area contributed by atoms with Crippen LogP contribution in [-0.4, -0.2) is 32.7 Å². The maximum absolute atomic E-state index is 12.6. The fraction of sp³-hybridized carbons (Fsp3) is 0.500. The Bertz CT molecular complexity index is 680. The molecule has 0 saturated heterocycles. The Labute approximate surface area is 143 Å². The van der Waals surface area contributed by atoms with Crippen molar-refractivity contribution >= 4 is 6.03 Å². The van der Waals surface area contributed by atoms with Crippen LogP contribution in [0, 0.1) is 12.8 Å². The molecule has 0 bridgehead atoms. The van der Waals surface area contributed by atoms with Gasteiger partial charge in [-0.3, -0.25) is 4.68 Å². The van der Waals surface area contributed by atoms with Crippen molar-refractivity contribution in [3.8, 4) is 0 Å². The monoisotopic (exact) mass is 329 g/mol. The van der Waals surface area contributed by atoms with Crippen LogP contribution in [0.4, 0.5) is 4.79 Å². The first-order chi connectivity index (χ1) is 11.4. The zero-order chi connectivity index (χ0) is 17.7. The zero-order valence-corrected chi connectivity index (χ0v) is 15.2. The summed E-state index contributed by atoms with van der Waals surface area (Å²) in [5.74, 6) is 1.24. The molecule has 0 aliphatic rings. The summed E-state index contributed by atoms with van der Waals surface area (Å²) in [6, 6.07) is 8.11. The number of carbonyl (C=O) groups is 1. The largest absolute Gasteiger partial charge is 0.331 e. The van der Waals surface area contributed by atoms with Crippen LogP contribution in [0.15, 0.2) is 30.6 Å². The van der Waals surface area contributed by atoms with Gasteiger partial charge in [0.2, 0.25) is 0 Å². The first-order valence-corrected chi connectivity index (χ1v) is 8.28. The Morgan fingerprint density at radius 1 is 1.33 bits per heavy atom. The van der Waals surface area contributed by atoms with Crippen molar-refractivity contribution in [2.75, 3.05) is 7.05 Å². The molecule has 1 heterocycles. The summed E-state index contributed by atoms with van der Waals surface area (Å²) in [5.41, 5.74) is 2.37. The highest BCUT2D eigenvalue weighted by molar-refractivity contribution is 5.74. The summed E-state index contributed by atoms with van der Waals surface area (Å²) < 4.78 is 1.68. The van der Waals surface area contributed by atoms with Crippen LogP contribution in [0.1, 0.15) is 43.3 Å². The van der Waals surface area contributed by atoms with E-state index in [0.29, 0.717) is 12.5 Å². The van der Waals surface area contributed by atoms with Gasteiger partial charge < -0.3 is 10.2 Å². The lowest BCUT2D eigenvalue weighted by Crippen LogP contribution is -2.40. The minimum atomic E-state index is -0.105. The van der Waals surface area contributed by atoms with Gasteiger partial charge in [0, 0.05) is 14.1 Å². The Balaban J connectivity index is 2.09. The van der Waals surface area contributed by atoms with Gasteiger partial charge in [0.05, 0.1) is 12.6 Å². The molecular weight excluding hydrogens is 302 g/mol. The minimum Gasteiger partial charge on any atom is -0.331 e. The SMILES string of the molecule is Cc1ccccc1[C@H](CC(C)C)NC(=O)N(C)Cc1ncnn1C. The molecule has 0 aliphatic heterocycles. The lowest BCUT2D eigenvalue weighted by molar-refractivity contribution is 0.199. The Kier molecular flexibility index (Phi) is 5.95. The number of hydrogen-bond donors (Lipinski definition) is 1. The van der Waals surface area contributed by atoms with Crippen LogP contribution in [0.2, 0.25) is 0 Å². The predicted octanol–water partition coefficient (Wildman–Crippen LogP) is 3.05. The maximum Gasteiger partial charge on any atom is 0.318 e. The van der Waals surface area contributed by atoms with E-state index in [1.807, 2.05) is 19.2 Å². The number of benzene rings is 1. The number of carbonyl (C=O) groups excluding carboxylic acids is 1. The Morgan fingerprint density at radius 3 is 2.62 bits per heavy atom. The molecule has 0 unspecified atom stereocenters. The lowest BCUT2D eigenvalue weighted by Gasteiger charge is -2.26. The van der Waals surface area contributed by atoms with Crippen molar-refractivity contribution in [1.82, 2.24) is 25.0 Å². The second-order valence-electron chi connectivity index (χ2n) is 6.64. The number of urea groups is 1. The van der Waals surface area contributed by atoms with Gasteiger partial charge in [-0.15, -0.1) is 0 Å². The van der Waals surface area contributed by atoms with Gasteiger partial charge in [0.1, 0.15) is 12.2 Å². The molecule has 0 saturated carbocycles. The Hall–Kier alpha value is -2.37. The van der Waals surface area contributed by atoms with Gasteiger partial charge in [0.15, 0.2) is 0 Å². The van der Waals surface area contributed by atoms with Gasteiger partial charge in [-0.25, -0.2) is 9.78 Å². The van der Waals surface area contributed by atoms with Gasteiger partial charge in [-0.05, 0) is 30.4 Å². The normalized spacial score (nSPS) is 12.2. The summed E-state index contributed by atoms with van der Waals surface area (Å²) >= 11 is 0. The highest BCUT2D eigenvalue weighted by Gasteiger charge is 2.20. The number of nitrogens with one attached hydrogen (secondary N) is 1. The van der Waals surface area contributed by atoms with E-state index in [-0.39, 0.29) is 12.1 Å². The first kappa shape index (κ1) is 18.0.